The summed E-state index contributed by atoms with van der Waals surface area (Å²) in [5, 5.41) is 10.2. The maximum absolute atomic E-state index is 13.5. The molecule has 0 aliphatic rings. The summed E-state index contributed by atoms with van der Waals surface area (Å²) in [6.45, 7) is 21.4. The largest absolute Gasteiger partial charge is 0.479 e. The van der Waals surface area contributed by atoms with E-state index < -0.39 is 182 Å². The molecule has 0 aliphatic heterocycles. The Hall–Kier alpha value is -8.80. The third-order valence-electron chi connectivity index (χ3n) is 12.2. The first-order valence-electron chi connectivity index (χ1n) is 27.4. The lowest BCUT2D eigenvalue weighted by Crippen LogP contribution is -2.68. The van der Waals surface area contributed by atoms with E-state index >= 15 is 0 Å². The zero-order chi connectivity index (χ0) is 67.3. The lowest BCUT2D eigenvalue weighted by molar-refractivity contribution is -0.190. The number of hydrogen-bond acceptors (Lipinski definition) is 28. The fourth-order valence-corrected chi connectivity index (χ4v) is 11.8. The van der Waals surface area contributed by atoms with Crippen LogP contribution in [0.25, 0.3) is 0 Å². The van der Waals surface area contributed by atoms with Gasteiger partial charge in [-0.15, -0.1) is 0 Å². The summed E-state index contributed by atoms with van der Waals surface area (Å²) in [6, 6.07) is 19.0. The molecule has 14 atom stereocenters. The highest BCUT2D eigenvalue weighted by Gasteiger charge is 2.52. The number of ether oxygens (including phenoxy) is 13. The van der Waals surface area contributed by atoms with Gasteiger partial charge in [0.2, 0.25) is 0 Å². The molecule has 0 aliphatic carbocycles. The molecule has 0 saturated carbocycles. The molecule has 486 valence electrons. The van der Waals surface area contributed by atoms with E-state index in [4.69, 9.17) is 66.4 Å². The van der Waals surface area contributed by atoms with Gasteiger partial charge >= 0.3 is 83.6 Å². The van der Waals surface area contributed by atoms with Crippen molar-refractivity contribution in [2.24, 2.45) is 0 Å². The number of carboxylic acids is 1. The zero-order valence-corrected chi connectivity index (χ0v) is 52.7. The van der Waals surface area contributed by atoms with Gasteiger partial charge in [0, 0.05) is 0 Å². The van der Waals surface area contributed by atoms with Gasteiger partial charge in [-0.25, -0.2) is 67.1 Å². The second-order valence-electron chi connectivity index (χ2n) is 20.8. The number of carboxylic acid groups (broad SMARTS) is 1. The van der Waals surface area contributed by atoms with Crippen molar-refractivity contribution in [1.29, 1.82) is 0 Å². The molecular weight excluding hydrogens is 1190 g/mol. The lowest BCUT2D eigenvalue weighted by atomic mass is 10.2. The predicted molar refractivity (Wildman–Crippen MR) is 298 cm³/mol. The molecule has 1 N–H and O–H groups in total. The van der Waals surface area contributed by atoms with E-state index in [0.29, 0.717) is 0 Å². The Labute approximate surface area is 507 Å². The van der Waals surface area contributed by atoms with Gasteiger partial charge in [-0.1, -0.05) is 81.4 Å². The van der Waals surface area contributed by atoms with Gasteiger partial charge in [0.1, 0.15) is 6.10 Å². The highest BCUT2D eigenvalue weighted by atomic mass is 28.4. The standard InChI is InChI=1S/C58H76O29Si/c1-28(44(59)60)74-45(61)29(2)75-46(62)30(3)76-47(63)31(4)77-48(64)32(5)78-49(65)33(6)79-50(66)34(7)80-51(67)35(8)81-52(68)36(9)82-53(69)37(10)83-54(70)38(11)84-55(71)39(12)85-56(72)40(13)86-57(73)41(14)87-88(58(15,16)17,42-24-20-18-21-25-42)43-26-22-19-23-27-43/h18-41H,1-17H3,(H,59,60)/t28-,29-,30-,31-,32-,33-,34-,35-,36-,37-,38-,39-,40-,41-/m0/s1. The van der Waals surface area contributed by atoms with E-state index in [1.807, 2.05) is 81.4 Å². The number of benzene rings is 2. The smallest absolute Gasteiger partial charge is 0.347 e. The van der Waals surface area contributed by atoms with Crippen LogP contribution in [0.3, 0.4) is 0 Å². The van der Waals surface area contributed by atoms with Crippen LogP contribution in [0.4, 0.5) is 0 Å². The van der Waals surface area contributed by atoms with Gasteiger partial charge in [0.15, 0.2) is 79.4 Å². The normalized spacial score (nSPS) is 16.1. The molecule has 0 amide bonds. The van der Waals surface area contributed by atoms with Gasteiger partial charge in [0.25, 0.3) is 8.32 Å². The van der Waals surface area contributed by atoms with Crippen LogP contribution in [0.1, 0.15) is 118 Å². The Balaban J connectivity index is 1.82. The van der Waals surface area contributed by atoms with Crippen LogP contribution in [-0.2, 0) is 133 Å². The highest BCUT2D eigenvalue weighted by molar-refractivity contribution is 6.99. The molecule has 2 aromatic rings. The number of esters is 13. The third-order valence-corrected chi connectivity index (χ3v) is 17.4. The van der Waals surface area contributed by atoms with E-state index in [2.05, 4.69) is 4.74 Å². The van der Waals surface area contributed by atoms with Crippen LogP contribution in [0.5, 0.6) is 0 Å². The molecule has 0 aromatic heterocycles. The lowest BCUT2D eigenvalue weighted by Gasteiger charge is -2.44. The maximum atomic E-state index is 13.5. The van der Waals surface area contributed by atoms with Crippen molar-refractivity contribution in [3.8, 4) is 0 Å². The molecular formula is C58H76O29Si. The summed E-state index contributed by atoms with van der Waals surface area (Å²) in [5.74, 6) is -17.6. The van der Waals surface area contributed by atoms with Crippen LogP contribution in [0.15, 0.2) is 60.7 Å². The van der Waals surface area contributed by atoms with E-state index in [-0.39, 0.29) is 0 Å². The third kappa shape index (κ3) is 22.5. The molecule has 0 heterocycles. The Morgan fingerprint density at radius 2 is 0.420 bits per heavy atom. The minimum absolute atomic E-state index is 0.489. The van der Waals surface area contributed by atoms with E-state index in [0.717, 1.165) is 93.5 Å². The highest BCUT2D eigenvalue weighted by Crippen LogP contribution is 2.37. The Bertz CT molecular complexity index is 2790. The molecule has 88 heavy (non-hydrogen) atoms. The van der Waals surface area contributed by atoms with Gasteiger partial charge in [0.05, 0.1) is 0 Å². The topological polar surface area (TPSA) is 388 Å². The van der Waals surface area contributed by atoms with E-state index in [1.165, 1.54) is 13.8 Å². The first-order valence-corrected chi connectivity index (χ1v) is 29.3. The van der Waals surface area contributed by atoms with Crippen molar-refractivity contribution < 1.29 is 138 Å². The SMILES string of the molecule is C[C@H](OC(=O)[C@H](C)OC(=O)[C@H](C)OC(=O)[C@H](C)OC(=O)[C@H](C)OC(=O)[C@H](C)OC(=O)[C@H](C)OC(=O)[C@H](C)OC(=O)[C@H](C)OC(=O)[C@H](C)OC(=O)[C@H](C)OC(=O)[C@H](C)OC(=O)[C@H](C)OC(=O)[C@H](C)O[Si](c1ccccc1)(c1ccccc1)C(C)(C)C)C(=O)O. The van der Waals surface area contributed by atoms with Gasteiger partial charge in [-0.05, 0) is 112 Å². The molecule has 0 spiro atoms. The molecule has 0 radical (unpaired) electrons. The summed E-state index contributed by atoms with van der Waals surface area (Å²) in [7, 11) is -3.21. The van der Waals surface area contributed by atoms with Gasteiger partial charge in [-0.2, -0.15) is 0 Å². The summed E-state index contributed by atoms with van der Waals surface area (Å²) < 4.78 is 71.4. The number of carbonyl (C=O) groups excluding carboxylic acids is 13. The monoisotopic (exact) mass is 1260 g/mol. The fourth-order valence-electron chi connectivity index (χ4n) is 7.14. The quantitative estimate of drug-likeness (QED) is 0.0642. The summed E-state index contributed by atoms with van der Waals surface area (Å²) >= 11 is 0. The van der Waals surface area contributed by atoms with Crippen LogP contribution >= 0.6 is 0 Å². The molecule has 0 fully saturated rings. The predicted octanol–water partition coefficient (Wildman–Crippen LogP) is 2.15. The summed E-state index contributed by atoms with van der Waals surface area (Å²) in [4.78, 5) is 176. The second kappa shape index (κ2) is 33.9. The van der Waals surface area contributed by atoms with E-state index in [9.17, 15) is 67.1 Å². The van der Waals surface area contributed by atoms with Crippen LogP contribution in [-0.4, -0.2) is 182 Å². The Morgan fingerprint density at radius 3 is 0.568 bits per heavy atom. The fraction of sp³-hybridized carbons (Fsp3) is 0.552. The Kier molecular flexibility index (Phi) is 29.0. The molecule has 29 nitrogen and oxygen atoms in total. The van der Waals surface area contributed by atoms with Crippen molar-refractivity contribution in [2.45, 2.75) is 208 Å². The average Bonchev–Trinajstić information content (AvgIpc) is 2.06. The molecule has 0 unspecified atom stereocenters. The molecule has 2 rings (SSSR count). The average molecular weight is 1270 g/mol. The molecule has 30 heteroatoms. The van der Waals surface area contributed by atoms with Gasteiger partial charge < -0.3 is 71.1 Å². The molecule has 0 bridgehead atoms. The minimum Gasteiger partial charge on any atom is -0.479 e. The summed E-state index contributed by atoms with van der Waals surface area (Å²) in [5.41, 5.74) is 0. The Morgan fingerprint density at radius 1 is 0.273 bits per heavy atom. The second-order valence-corrected chi connectivity index (χ2v) is 25.0. The molecule has 0 saturated heterocycles. The number of hydrogen-bond donors (Lipinski definition) is 1. The van der Waals surface area contributed by atoms with Crippen LogP contribution in [0.2, 0.25) is 5.04 Å². The number of carbonyl (C=O) groups is 14. The van der Waals surface area contributed by atoms with Crippen molar-refractivity contribution in [3.63, 3.8) is 0 Å². The first-order chi connectivity index (χ1) is 40.7. The van der Waals surface area contributed by atoms with Gasteiger partial charge in [-0.3, -0.25) is 0 Å². The first kappa shape index (κ1) is 75.3. The van der Waals surface area contributed by atoms with E-state index in [1.54, 1.807) is 0 Å². The maximum Gasteiger partial charge on any atom is 0.347 e. The minimum atomic E-state index is -3.21. The van der Waals surface area contributed by atoms with Crippen LogP contribution in [0, 0.1) is 0 Å². The molecule has 2 aromatic carbocycles. The number of aliphatic carboxylic acids is 1. The zero-order valence-electron chi connectivity index (χ0n) is 51.7. The number of rotatable bonds is 31. The summed E-state index contributed by atoms with van der Waals surface area (Å²) in [6.07, 6.45) is -23.0. The van der Waals surface area contributed by atoms with Crippen molar-refractivity contribution in [3.05, 3.63) is 60.7 Å². The van der Waals surface area contributed by atoms with Crippen LogP contribution < -0.4 is 10.4 Å². The van der Waals surface area contributed by atoms with Crippen molar-refractivity contribution in [2.75, 3.05) is 0 Å². The van der Waals surface area contributed by atoms with Crippen molar-refractivity contribution >= 4 is 102 Å². The van der Waals surface area contributed by atoms with Crippen molar-refractivity contribution in [1.82, 2.24) is 0 Å².